The minimum Gasteiger partial charge on any atom is -0.340 e. The van der Waals surface area contributed by atoms with Gasteiger partial charge in [0.15, 0.2) is 0 Å². The third kappa shape index (κ3) is 3.63. The van der Waals surface area contributed by atoms with Crippen molar-refractivity contribution in [1.82, 2.24) is 10.2 Å². The van der Waals surface area contributed by atoms with E-state index in [4.69, 9.17) is 0 Å². The van der Waals surface area contributed by atoms with E-state index in [0.717, 1.165) is 19.4 Å². The molecule has 0 aliphatic carbocycles. The fourth-order valence-corrected chi connectivity index (χ4v) is 2.40. The van der Waals surface area contributed by atoms with Crippen LogP contribution in [0.1, 0.15) is 46.5 Å². The molecule has 3 heteroatoms. The van der Waals surface area contributed by atoms with E-state index in [1.807, 2.05) is 0 Å². The zero-order chi connectivity index (χ0) is 12.0. The van der Waals surface area contributed by atoms with Crippen molar-refractivity contribution in [3.05, 3.63) is 12.2 Å². The molecule has 0 aromatic rings. The van der Waals surface area contributed by atoms with E-state index in [-0.39, 0.29) is 12.1 Å². The number of carbonyl (C=O) groups is 1. The third-order valence-electron chi connectivity index (χ3n) is 3.17. The number of hydrogen-bond acceptors (Lipinski definition) is 2. The monoisotopic (exact) mass is 224 g/mol. The smallest absolute Gasteiger partial charge is 0.218 e. The maximum atomic E-state index is 11.2. The van der Waals surface area contributed by atoms with Crippen LogP contribution < -0.4 is 5.32 Å². The second-order valence-electron chi connectivity index (χ2n) is 4.47. The molecule has 1 heterocycles. The van der Waals surface area contributed by atoms with Crippen LogP contribution in [0.25, 0.3) is 0 Å². The summed E-state index contributed by atoms with van der Waals surface area (Å²) in [7, 11) is 0. The molecule has 1 amide bonds. The molecule has 1 rings (SSSR count). The fraction of sp³-hybridized carbons (Fsp3) is 0.769. The summed E-state index contributed by atoms with van der Waals surface area (Å²) in [4.78, 5) is 13.6. The van der Waals surface area contributed by atoms with E-state index in [0.29, 0.717) is 6.04 Å². The first kappa shape index (κ1) is 13.2. The highest BCUT2D eigenvalue weighted by molar-refractivity contribution is 5.73. The molecule has 0 bridgehead atoms. The Labute approximate surface area is 98.9 Å². The minimum atomic E-state index is 0.0663. The van der Waals surface area contributed by atoms with Gasteiger partial charge in [0.2, 0.25) is 5.91 Å². The number of amides is 1. The molecule has 2 unspecified atom stereocenters. The highest BCUT2D eigenvalue weighted by Crippen LogP contribution is 2.18. The van der Waals surface area contributed by atoms with E-state index in [2.05, 4.69) is 36.2 Å². The van der Waals surface area contributed by atoms with E-state index >= 15 is 0 Å². The van der Waals surface area contributed by atoms with Crippen molar-refractivity contribution < 1.29 is 4.79 Å². The number of hydrogen-bond donors (Lipinski definition) is 1. The van der Waals surface area contributed by atoms with Gasteiger partial charge in [-0.3, -0.25) is 9.69 Å². The van der Waals surface area contributed by atoms with E-state index in [9.17, 15) is 4.79 Å². The molecule has 0 radical (unpaired) electrons. The van der Waals surface area contributed by atoms with Gasteiger partial charge in [-0.25, -0.2) is 0 Å². The molecule has 0 aromatic heterocycles. The highest BCUT2D eigenvalue weighted by atomic mass is 16.1. The predicted octanol–water partition coefficient (Wildman–Crippen LogP) is 2.29. The predicted molar refractivity (Wildman–Crippen MR) is 67.1 cm³/mol. The second-order valence-corrected chi connectivity index (χ2v) is 4.47. The van der Waals surface area contributed by atoms with Crippen molar-refractivity contribution in [2.45, 2.75) is 58.7 Å². The summed E-state index contributed by atoms with van der Waals surface area (Å²) < 4.78 is 0. The van der Waals surface area contributed by atoms with Crippen LogP contribution in [0.3, 0.4) is 0 Å². The van der Waals surface area contributed by atoms with Crippen LogP contribution in [0.2, 0.25) is 0 Å². The van der Waals surface area contributed by atoms with Gasteiger partial charge in [0.05, 0.1) is 6.17 Å². The van der Waals surface area contributed by atoms with Gasteiger partial charge in [-0.15, -0.1) is 0 Å². The summed E-state index contributed by atoms with van der Waals surface area (Å²) in [6, 6.07) is 0.590. The molecule has 16 heavy (non-hydrogen) atoms. The van der Waals surface area contributed by atoms with Crippen LogP contribution in [0.5, 0.6) is 0 Å². The van der Waals surface area contributed by atoms with Gasteiger partial charge in [-0.1, -0.05) is 32.4 Å². The standard InChI is InChI=1S/C13H24N2O/c1-4-8-12(5-2)15-10-7-6-9-13(15)14-11(3)16/h6-7,12-13H,4-5,8-10H2,1-3H3,(H,14,16). The van der Waals surface area contributed by atoms with Crippen LogP contribution in [0, 0.1) is 0 Å². The summed E-state index contributed by atoms with van der Waals surface area (Å²) in [5.74, 6) is 0.0663. The van der Waals surface area contributed by atoms with Crippen molar-refractivity contribution in [1.29, 1.82) is 0 Å². The maximum absolute atomic E-state index is 11.2. The normalized spacial score (nSPS) is 23.1. The minimum absolute atomic E-state index is 0.0663. The van der Waals surface area contributed by atoms with Crippen molar-refractivity contribution in [3.8, 4) is 0 Å². The number of nitrogens with one attached hydrogen (secondary N) is 1. The summed E-state index contributed by atoms with van der Waals surface area (Å²) in [6.45, 7) is 7.00. The third-order valence-corrected chi connectivity index (χ3v) is 3.17. The van der Waals surface area contributed by atoms with Gasteiger partial charge >= 0.3 is 0 Å². The zero-order valence-electron chi connectivity index (χ0n) is 10.7. The maximum Gasteiger partial charge on any atom is 0.218 e. The van der Waals surface area contributed by atoms with Crippen LogP contribution in [0.15, 0.2) is 12.2 Å². The first-order valence-electron chi connectivity index (χ1n) is 6.36. The molecular weight excluding hydrogens is 200 g/mol. The van der Waals surface area contributed by atoms with Crippen molar-refractivity contribution >= 4 is 5.91 Å². The van der Waals surface area contributed by atoms with Gasteiger partial charge in [0.1, 0.15) is 0 Å². The van der Waals surface area contributed by atoms with Gasteiger partial charge in [-0.2, -0.15) is 0 Å². The number of carbonyl (C=O) groups excluding carboxylic acids is 1. The van der Waals surface area contributed by atoms with E-state index in [1.54, 1.807) is 6.92 Å². The molecule has 92 valence electrons. The van der Waals surface area contributed by atoms with E-state index in [1.165, 1.54) is 12.8 Å². The zero-order valence-corrected chi connectivity index (χ0v) is 10.7. The van der Waals surface area contributed by atoms with Gasteiger partial charge < -0.3 is 5.32 Å². The van der Waals surface area contributed by atoms with Crippen molar-refractivity contribution in [2.24, 2.45) is 0 Å². The molecule has 3 nitrogen and oxygen atoms in total. The quantitative estimate of drug-likeness (QED) is 0.727. The molecule has 0 saturated heterocycles. The number of nitrogens with zero attached hydrogens (tertiary/aromatic N) is 1. The lowest BCUT2D eigenvalue weighted by molar-refractivity contribution is -0.121. The lowest BCUT2D eigenvalue weighted by Gasteiger charge is -2.39. The molecule has 2 atom stereocenters. The average Bonchev–Trinajstić information content (AvgIpc) is 2.26. The first-order chi connectivity index (χ1) is 7.69. The second kappa shape index (κ2) is 6.69. The summed E-state index contributed by atoms with van der Waals surface area (Å²) >= 11 is 0. The van der Waals surface area contributed by atoms with Gasteiger partial charge in [-0.05, 0) is 19.3 Å². The topological polar surface area (TPSA) is 32.3 Å². The van der Waals surface area contributed by atoms with Crippen LogP contribution >= 0.6 is 0 Å². The fourth-order valence-electron chi connectivity index (χ4n) is 2.40. The first-order valence-corrected chi connectivity index (χ1v) is 6.36. The van der Waals surface area contributed by atoms with Crippen LogP contribution in [-0.4, -0.2) is 29.6 Å². The van der Waals surface area contributed by atoms with Crippen LogP contribution in [-0.2, 0) is 4.79 Å². The molecule has 1 N–H and O–H groups in total. The molecule has 1 aliphatic heterocycles. The van der Waals surface area contributed by atoms with Gasteiger partial charge in [0.25, 0.3) is 0 Å². The SMILES string of the molecule is CCCC(CC)N1CC=CCC1NC(C)=O. The molecule has 0 spiro atoms. The molecule has 0 aromatic carbocycles. The van der Waals surface area contributed by atoms with Crippen molar-refractivity contribution in [3.63, 3.8) is 0 Å². The average molecular weight is 224 g/mol. The largest absolute Gasteiger partial charge is 0.340 e. The molecular formula is C13H24N2O. The molecule has 0 saturated carbocycles. The Bertz CT molecular complexity index is 250. The van der Waals surface area contributed by atoms with Crippen LogP contribution in [0.4, 0.5) is 0 Å². The van der Waals surface area contributed by atoms with E-state index < -0.39 is 0 Å². The Morgan fingerprint density at radius 3 is 2.81 bits per heavy atom. The summed E-state index contributed by atoms with van der Waals surface area (Å²) in [6.07, 6.45) is 9.05. The Morgan fingerprint density at radius 1 is 1.50 bits per heavy atom. The molecule has 1 aliphatic rings. The Balaban J connectivity index is 2.65. The molecule has 0 fully saturated rings. The summed E-state index contributed by atoms with van der Waals surface area (Å²) in [5, 5.41) is 3.04. The lowest BCUT2D eigenvalue weighted by atomic mass is 10.0. The Morgan fingerprint density at radius 2 is 2.25 bits per heavy atom. The Hall–Kier alpha value is -0.830. The Kier molecular flexibility index (Phi) is 5.53. The van der Waals surface area contributed by atoms with Gasteiger partial charge in [0, 0.05) is 19.5 Å². The highest BCUT2D eigenvalue weighted by Gasteiger charge is 2.25. The van der Waals surface area contributed by atoms with Crippen molar-refractivity contribution in [2.75, 3.05) is 6.54 Å². The number of rotatable bonds is 5. The lowest BCUT2D eigenvalue weighted by Crippen LogP contribution is -2.53. The summed E-state index contributed by atoms with van der Waals surface area (Å²) in [5.41, 5.74) is 0.